The molecule has 0 radical (unpaired) electrons. The number of carbonyl (C=O) groups excluding carboxylic acids is 1. The van der Waals surface area contributed by atoms with Crippen molar-refractivity contribution in [1.82, 2.24) is 15.6 Å². The van der Waals surface area contributed by atoms with Gasteiger partial charge in [0.25, 0.3) is 0 Å². The topological polar surface area (TPSA) is 81.0 Å². The van der Waals surface area contributed by atoms with Crippen molar-refractivity contribution in [3.05, 3.63) is 36.0 Å². The normalized spacial score (nSPS) is 23.0. The predicted octanol–water partition coefficient (Wildman–Crippen LogP) is 4.21. The smallest absolute Gasteiger partial charge is 0.368 e. The van der Waals surface area contributed by atoms with Gasteiger partial charge in [-0.3, -0.25) is 4.98 Å². The van der Waals surface area contributed by atoms with Gasteiger partial charge in [0.2, 0.25) is 5.92 Å². The van der Waals surface area contributed by atoms with Gasteiger partial charge in [0.05, 0.1) is 17.0 Å². The highest BCUT2D eigenvalue weighted by Crippen LogP contribution is 2.42. The van der Waals surface area contributed by atoms with Gasteiger partial charge in [0, 0.05) is 55.8 Å². The summed E-state index contributed by atoms with van der Waals surface area (Å²) in [6.45, 7) is -0.125. The fourth-order valence-electron chi connectivity index (χ4n) is 4.56. The van der Waals surface area contributed by atoms with Crippen LogP contribution < -0.4 is 15.5 Å². The van der Waals surface area contributed by atoms with E-state index in [1.807, 2.05) is 6.07 Å². The van der Waals surface area contributed by atoms with Gasteiger partial charge in [-0.15, -0.1) is 0 Å². The summed E-state index contributed by atoms with van der Waals surface area (Å²) in [7, 11) is 0. The minimum Gasteiger partial charge on any atom is -0.368 e. The average Bonchev–Trinajstić information content (AvgIpc) is 2.74. The Bertz CT molecular complexity index is 1080. The summed E-state index contributed by atoms with van der Waals surface area (Å²) in [6.07, 6.45) is -3.86. The molecule has 0 spiro atoms. The van der Waals surface area contributed by atoms with Crippen LogP contribution in [0.25, 0.3) is 10.9 Å². The number of piperidine rings is 1. The van der Waals surface area contributed by atoms with Crippen LogP contribution >= 0.6 is 0 Å². The lowest BCUT2D eigenvalue weighted by atomic mass is 9.81. The molecule has 2 amide bonds. The van der Waals surface area contributed by atoms with E-state index in [4.69, 9.17) is 0 Å². The van der Waals surface area contributed by atoms with Crippen molar-refractivity contribution >= 4 is 22.6 Å². The minimum absolute atomic E-state index is 0.0481. The van der Waals surface area contributed by atoms with Crippen LogP contribution in [-0.4, -0.2) is 48.8 Å². The number of nitrogens with zero attached hydrogens (tertiary/aromatic N) is 3. The summed E-state index contributed by atoms with van der Waals surface area (Å²) in [5, 5.41) is 14.9. The van der Waals surface area contributed by atoms with Gasteiger partial charge in [0.15, 0.2) is 0 Å². The van der Waals surface area contributed by atoms with Gasteiger partial charge in [-0.2, -0.15) is 18.4 Å². The molecule has 1 aliphatic heterocycles. The second-order valence-electron chi connectivity index (χ2n) is 8.70. The van der Waals surface area contributed by atoms with E-state index < -0.39 is 30.1 Å². The van der Waals surface area contributed by atoms with E-state index in [0.29, 0.717) is 22.2 Å². The lowest BCUT2D eigenvalue weighted by Crippen LogP contribution is -2.56. The number of amides is 2. The largest absolute Gasteiger partial charge is 0.393 e. The Morgan fingerprint density at radius 1 is 1.24 bits per heavy atom. The molecule has 176 valence electrons. The number of rotatable bonds is 4. The highest BCUT2D eigenvalue weighted by molar-refractivity contribution is 5.95. The van der Waals surface area contributed by atoms with Crippen molar-refractivity contribution in [2.24, 2.45) is 11.8 Å². The maximum absolute atomic E-state index is 13.7. The van der Waals surface area contributed by atoms with Crippen LogP contribution in [0.4, 0.5) is 32.4 Å². The number of pyridine rings is 1. The highest BCUT2D eigenvalue weighted by Gasteiger charge is 2.46. The van der Waals surface area contributed by atoms with Crippen LogP contribution in [0, 0.1) is 23.2 Å². The molecule has 1 unspecified atom stereocenters. The third-order valence-electron chi connectivity index (χ3n) is 6.18. The first-order valence-electron chi connectivity index (χ1n) is 10.6. The van der Waals surface area contributed by atoms with E-state index in [-0.39, 0.29) is 44.8 Å². The number of fused-ring (bicyclic) bond motifs is 1. The lowest BCUT2D eigenvalue weighted by molar-refractivity contribution is -0.177. The molecule has 2 aliphatic rings. The maximum Gasteiger partial charge on any atom is 0.393 e. The van der Waals surface area contributed by atoms with Crippen LogP contribution in [0.1, 0.15) is 24.8 Å². The molecule has 11 heteroatoms. The molecule has 6 nitrogen and oxygen atoms in total. The van der Waals surface area contributed by atoms with E-state index in [1.54, 1.807) is 23.1 Å². The first kappa shape index (κ1) is 23.0. The second kappa shape index (κ2) is 8.65. The van der Waals surface area contributed by atoms with Crippen molar-refractivity contribution in [1.29, 1.82) is 5.26 Å². The third-order valence-corrected chi connectivity index (χ3v) is 6.18. The fourth-order valence-corrected chi connectivity index (χ4v) is 4.56. The molecule has 1 aromatic carbocycles. The number of hydrogen-bond donors (Lipinski definition) is 2. The number of halogens is 5. The first-order valence-corrected chi connectivity index (χ1v) is 10.6. The standard InChI is InChI=1S/C22H22F5N5O/c23-21(24)7-13(8-21)10-30-20(33)31-16-6-15(22(25,26)27)11-32(12-16)18-4-3-14(9-28)19-17(18)2-1-5-29-19/h1-5,13,15-16H,6-8,10-12H2,(H2,30,31,33)/t15?,16-/m1/s1. The van der Waals surface area contributed by atoms with Crippen LogP contribution in [0.2, 0.25) is 0 Å². The average molecular weight is 467 g/mol. The Labute approximate surface area is 186 Å². The Kier molecular flexibility index (Phi) is 6.03. The number of nitriles is 1. The fraction of sp³-hybridized carbons (Fsp3) is 0.500. The monoisotopic (exact) mass is 467 g/mol. The van der Waals surface area contributed by atoms with E-state index in [1.165, 1.54) is 12.3 Å². The predicted molar refractivity (Wildman–Crippen MR) is 111 cm³/mol. The molecule has 2 heterocycles. The Morgan fingerprint density at radius 3 is 2.67 bits per heavy atom. The Balaban J connectivity index is 1.50. The van der Waals surface area contributed by atoms with E-state index in [9.17, 15) is 32.0 Å². The van der Waals surface area contributed by atoms with Crippen LogP contribution in [0.15, 0.2) is 30.5 Å². The van der Waals surface area contributed by atoms with Crippen molar-refractivity contribution in [3.63, 3.8) is 0 Å². The van der Waals surface area contributed by atoms with Gasteiger partial charge < -0.3 is 15.5 Å². The van der Waals surface area contributed by atoms with Crippen molar-refractivity contribution < 1.29 is 26.7 Å². The third kappa shape index (κ3) is 5.10. The van der Waals surface area contributed by atoms with Gasteiger partial charge in [-0.05, 0) is 36.6 Å². The van der Waals surface area contributed by atoms with E-state index >= 15 is 0 Å². The number of aromatic nitrogens is 1. The Hall–Kier alpha value is -3.16. The number of benzene rings is 1. The van der Waals surface area contributed by atoms with Gasteiger partial charge >= 0.3 is 12.2 Å². The molecule has 1 saturated heterocycles. The summed E-state index contributed by atoms with van der Waals surface area (Å²) >= 11 is 0. The lowest BCUT2D eigenvalue weighted by Gasteiger charge is -2.40. The van der Waals surface area contributed by atoms with E-state index in [2.05, 4.69) is 15.6 Å². The van der Waals surface area contributed by atoms with Gasteiger partial charge in [-0.25, -0.2) is 13.6 Å². The number of anilines is 1. The molecule has 33 heavy (non-hydrogen) atoms. The number of carbonyl (C=O) groups is 1. The van der Waals surface area contributed by atoms with Crippen LogP contribution in [0.5, 0.6) is 0 Å². The number of hydrogen-bond acceptors (Lipinski definition) is 4. The number of alkyl halides is 5. The quantitative estimate of drug-likeness (QED) is 0.661. The first-order chi connectivity index (χ1) is 15.6. The highest BCUT2D eigenvalue weighted by atomic mass is 19.4. The van der Waals surface area contributed by atoms with Gasteiger partial charge in [0.1, 0.15) is 6.07 Å². The summed E-state index contributed by atoms with van der Waals surface area (Å²) in [4.78, 5) is 18.0. The SMILES string of the molecule is N#Cc1ccc(N2CC(C(F)(F)F)C[C@@H](NC(=O)NCC3CC(F)(F)C3)C2)c2cccnc12. The molecular formula is C22H22F5N5O. The van der Waals surface area contributed by atoms with Crippen LogP contribution in [0.3, 0.4) is 0 Å². The molecule has 2 N–H and O–H groups in total. The molecule has 4 rings (SSSR count). The number of urea groups is 1. The zero-order valence-electron chi connectivity index (χ0n) is 17.5. The zero-order valence-corrected chi connectivity index (χ0v) is 17.5. The molecule has 0 bridgehead atoms. The molecular weight excluding hydrogens is 445 g/mol. The molecule has 2 atom stereocenters. The summed E-state index contributed by atoms with van der Waals surface area (Å²) in [6, 6.07) is 7.00. The summed E-state index contributed by atoms with van der Waals surface area (Å²) in [5.41, 5.74) is 1.20. The summed E-state index contributed by atoms with van der Waals surface area (Å²) in [5.74, 6) is -4.72. The molecule has 1 aromatic heterocycles. The minimum atomic E-state index is -4.47. The van der Waals surface area contributed by atoms with Crippen molar-refractivity contribution in [2.75, 3.05) is 24.5 Å². The van der Waals surface area contributed by atoms with Gasteiger partial charge in [-0.1, -0.05) is 0 Å². The zero-order chi connectivity index (χ0) is 23.8. The number of nitrogens with one attached hydrogen (secondary N) is 2. The summed E-state index contributed by atoms with van der Waals surface area (Å²) < 4.78 is 66.9. The molecule has 1 saturated carbocycles. The Morgan fingerprint density at radius 2 is 2.00 bits per heavy atom. The second-order valence-corrected chi connectivity index (χ2v) is 8.70. The van der Waals surface area contributed by atoms with E-state index in [0.717, 1.165) is 0 Å². The molecule has 2 fully saturated rings. The molecule has 1 aliphatic carbocycles. The van der Waals surface area contributed by atoms with Crippen molar-refractivity contribution in [2.45, 2.75) is 37.4 Å². The maximum atomic E-state index is 13.7. The molecule has 2 aromatic rings. The van der Waals surface area contributed by atoms with Crippen molar-refractivity contribution in [3.8, 4) is 6.07 Å². The van der Waals surface area contributed by atoms with Crippen LogP contribution in [-0.2, 0) is 0 Å².